The fourth-order valence-corrected chi connectivity index (χ4v) is 2.83. The number of aromatic nitrogens is 2. The van der Waals surface area contributed by atoms with Crippen LogP contribution >= 0.6 is 0 Å². The maximum Gasteiger partial charge on any atom is 0.124 e. The van der Waals surface area contributed by atoms with Crippen LogP contribution in [0.1, 0.15) is 42.4 Å². The summed E-state index contributed by atoms with van der Waals surface area (Å²) in [5, 5.41) is 17.4. The summed E-state index contributed by atoms with van der Waals surface area (Å²) in [6.45, 7) is 8.70. The molecule has 2 N–H and O–H groups in total. The molecule has 22 heavy (non-hydrogen) atoms. The molecule has 0 amide bonds. The molecular weight excluding hydrogens is 278 g/mol. The van der Waals surface area contributed by atoms with Gasteiger partial charge < -0.3 is 15.2 Å². The Hall–Kier alpha value is -2.01. The number of anilines is 1. The third-order valence-electron chi connectivity index (χ3n) is 3.91. The largest absolute Gasteiger partial charge is 0.494 e. The molecule has 0 bridgehead atoms. The van der Waals surface area contributed by atoms with E-state index in [1.807, 2.05) is 43.8 Å². The van der Waals surface area contributed by atoms with Crippen LogP contribution < -0.4 is 10.1 Å². The number of hydrogen-bond donors (Lipinski definition) is 2. The van der Waals surface area contributed by atoms with Crippen molar-refractivity contribution < 1.29 is 9.84 Å². The topological polar surface area (TPSA) is 59.3 Å². The van der Waals surface area contributed by atoms with E-state index in [0.29, 0.717) is 6.61 Å². The minimum atomic E-state index is -0.0375. The molecule has 0 fully saturated rings. The summed E-state index contributed by atoms with van der Waals surface area (Å²) in [6, 6.07) is 5.94. The van der Waals surface area contributed by atoms with Crippen molar-refractivity contribution in [1.29, 1.82) is 0 Å². The van der Waals surface area contributed by atoms with Gasteiger partial charge in [-0.3, -0.25) is 4.68 Å². The molecule has 2 rings (SSSR count). The van der Waals surface area contributed by atoms with Crippen LogP contribution in [0.2, 0.25) is 0 Å². The van der Waals surface area contributed by atoms with Crippen LogP contribution in [-0.4, -0.2) is 21.5 Å². The van der Waals surface area contributed by atoms with Crippen LogP contribution in [0.5, 0.6) is 5.75 Å². The van der Waals surface area contributed by atoms with Crippen LogP contribution in [0.4, 0.5) is 5.69 Å². The second kappa shape index (κ2) is 6.83. The van der Waals surface area contributed by atoms with E-state index in [4.69, 9.17) is 4.74 Å². The molecule has 1 atom stereocenters. The van der Waals surface area contributed by atoms with E-state index >= 15 is 0 Å². The fourth-order valence-electron chi connectivity index (χ4n) is 2.83. The van der Waals surface area contributed by atoms with Gasteiger partial charge in [0.1, 0.15) is 5.75 Å². The molecule has 5 heteroatoms. The van der Waals surface area contributed by atoms with Gasteiger partial charge in [-0.25, -0.2) is 0 Å². The Balaban J connectivity index is 2.23. The lowest BCUT2D eigenvalue weighted by molar-refractivity contribution is 0.267. The summed E-state index contributed by atoms with van der Waals surface area (Å²) in [4.78, 5) is 0. The fraction of sp³-hybridized carbons (Fsp3) is 0.471. The summed E-state index contributed by atoms with van der Waals surface area (Å²) in [5.41, 5.74) is 5.16. The molecule has 5 nitrogen and oxygen atoms in total. The van der Waals surface area contributed by atoms with Crippen LogP contribution in [0.15, 0.2) is 18.2 Å². The number of nitrogens with zero attached hydrogens (tertiary/aromatic N) is 2. The molecule has 1 heterocycles. The number of hydrogen-bond acceptors (Lipinski definition) is 4. The molecule has 120 valence electrons. The molecule has 1 unspecified atom stereocenters. The SMILES string of the molecule is CCOc1ccc(NC(C)c2c(C)nn(C)c2C)cc1CO. The lowest BCUT2D eigenvalue weighted by Gasteiger charge is -2.18. The Morgan fingerprint density at radius 3 is 2.64 bits per heavy atom. The highest BCUT2D eigenvalue weighted by Crippen LogP contribution is 2.28. The lowest BCUT2D eigenvalue weighted by atomic mass is 10.1. The molecule has 0 spiro atoms. The number of aliphatic hydroxyl groups is 1. The van der Waals surface area contributed by atoms with E-state index in [1.165, 1.54) is 5.56 Å². The summed E-state index contributed by atoms with van der Waals surface area (Å²) in [6.07, 6.45) is 0. The summed E-state index contributed by atoms with van der Waals surface area (Å²) < 4.78 is 7.42. The molecular formula is C17H25N3O2. The lowest BCUT2D eigenvalue weighted by Crippen LogP contribution is -2.09. The van der Waals surface area contributed by atoms with E-state index in [0.717, 1.165) is 28.4 Å². The second-order valence-electron chi connectivity index (χ2n) is 5.49. The maximum absolute atomic E-state index is 9.49. The van der Waals surface area contributed by atoms with Crippen molar-refractivity contribution in [2.45, 2.75) is 40.3 Å². The average Bonchev–Trinajstić information content (AvgIpc) is 2.74. The Morgan fingerprint density at radius 1 is 1.36 bits per heavy atom. The normalized spacial score (nSPS) is 12.3. The second-order valence-corrected chi connectivity index (χ2v) is 5.49. The summed E-state index contributed by atoms with van der Waals surface area (Å²) in [7, 11) is 1.96. The Bertz CT molecular complexity index is 650. The first-order valence-electron chi connectivity index (χ1n) is 7.61. The van der Waals surface area contributed by atoms with Gasteiger partial charge in [0.2, 0.25) is 0 Å². The molecule has 1 aromatic carbocycles. The molecule has 1 aromatic heterocycles. The van der Waals surface area contributed by atoms with Crippen LogP contribution in [0.25, 0.3) is 0 Å². The van der Waals surface area contributed by atoms with Crippen molar-refractivity contribution in [3.8, 4) is 5.75 Å². The standard InChI is InChI=1S/C17H25N3O2/c1-6-22-16-8-7-15(9-14(16)10-21)18-11(2)17-12(3)19-20(5)13(17)4/h7-9,11,18,21H,6,10H2,1-5H3. The predicted molar refractivity (Wildman–Crippen MR) is 88.3 cm³/mol. The average molecular weight is 303 g/mol. The van der Waals surface area contributed by atoms with Gasteiger partial charge in [0.15, 0.2) is 0 Å². The number of nitrogens with one attached hydrogen (secondary N) is 1. The van der Waals surface area contributed by atoms with Crippen LogP contribution in [0, 0.1) is 13.8 Å². The molecule has 0 saturated carbocycles. The van der Waals surface area contributed by atoms with Gasteiger partial charge in [-0.1, -0.05) is 0 Å². The van der Waals surface area contributed by atoms with Gasteiger partial charge in [-0.15, -0.1) is 0 Å². The van der Waals surface area contributed by atoms with Crippen LogP contribution in [0.3, 0.4) is 0 Å². The molecule has 2 aromatic rings. The van der Waals surface area contributed by atoms with Crippen molar-refractivity contribution in [3.05, 3.63) is 40.7 Å². The van der Waals surface area contributed by atoms with E-state index in [9.17, 15) is 5.11 Å². The number of aliphatic hydroxyl groups excluding tert-OH is 1. The van der Waals surface area contributed by atoms with Crippen molar-refractivity contribution in [2.24, 2.45) is 7.05 Å². The molecule has 0 aliphatic heterocycles. The zero-order valence-electron chi connectivity index (χ0n) is 14.0. The Kier molecular flexibility index (Phi) is 5.08. The Labute approximate surface area is 131 Å². The number of rotatable bonds is 6. The number of aryl methyl sites for hydroxylation is 2. The van der Waals surface area contributed by atoms with Crippen molar-refractivity contribution >= 4 is 5.69 Å². The first-order valence-corrected chi connectivity index (χ1v) is 7.61. The van der Waals surface area contributed by atoms with E-state index in [2.05, 4.69) is 24.3 Å². The van der Waals surface area contributed by atoms with Gasteiger partial charge in [-0.05, 0) is 45.9 Å². The maximum atomic E-state index is 9.49. The smallest absolute Gasteiger partial charge is 0.124 e. The van der Waals surface area contributed by atoms with Crippen molar-refractivity contribution in [1.82, 2.24) is 9.78 Å². The first-order chi connectivity index (χ1) is 10.5. The molecule has 0 radical (unpaired) electrons. The van der Waals surface area contributed by atoms with Gasteiger partial charge in [-0.2, -0.15) is 5.10 Å². The Morgan fingerprint density at radius 2 is 2.09 bits per heavy atom. The zero-order valence-corrected chi connectivity index (χ0v) is 14.0. The van der Waals surface area contributed by atoms with Crippen molar-refractivity contribution in [2.75, 3.05) is 11.9 Å². The number of ether oxygens (including phenoxy) is 1. The van der Waals surface area contributed by atoms with Gasteiger partial charge >= 0.3 is 0 Å². The van der Waals surface area contributed by atoms with Gasteiger partial charge in [0.05, 0.1) is 24.9 Å². The summed E-state index contributed by atoms with van der Waals surface area (Å²) in [5.74, 6) is 0.733. The van der Waals surface area contributed by atoms with Gasteiger partial charge in [0.25, 0.3) is 0 Å². The van der Waals surface area contributed by atoms with Gasteiger partial charge in [0, 0.05) is 29.6 Å². The molecule has 0 aliphatic rings. The highest BCUT2D eigenvalue weighted by molar-refractivity contribution is 5.52. The summed E-state index contributed by atoms with van der Waals surface area (Å²) >= 11 is 0. The zero-order chi connectivity index (χ0) is 16.3. The minimum absolute atomic E-state index is 0.0375. The van der Waals surface area contributed by atoms with Crippen molar-refractivity contribution in [3.63, 3.8) is 0 Å². The third kappa shape index (κ3) is 3.25. The quantitative estimate of drug-likeness (QED) is 0.861. The highest BCUT2D eigenvalue weighted by Gasteiger charge is 2.16. The van der Waals surface area contributed by atoms with E-state index < -0.39 is 0 Å². The first kappa shape index (κ1) is 16.4. The monoisotopic (exact) mass is 303 g/mol. The predicted octanol–water partition coefficient (Wildman–Crippen LogP) is 3.10. The van der Waals surface area contributed by atoms with E-state index in [1.54, 1.807) is 0 Å². The van der Waals surface area contributed by atoms with Crippen LogP contribution in [-0.2, 0) is 13.7 Å². The highest BCUT2D eigenvalue weighted by atomic mass is 16.5. The molecule has 0 aliphatic carbocycles. The number of benzene rings is 1. The molecule has 0 saturated heterocycles. The minimum Gasteiger partial charge on any atom is -0.494 e. The van der Waals surface area contributed by atoms with E-state index in [-0.39, 0.29) is 12.6 Å². The third-order valence-corrected chi connectivity index (χ3v) is 3.91.